The lowest BCUT2D eigenvalue weighted by Crippen LogP contribution is -2.40. The van der Waals surface area contributed by atoms with Crippen LogP contribution in [0.5, 0.6) is 5.75 Å². The van der Waals surface area contributed by atoms with E-state index in [0.717, 1.165) is 68.1 Å². The van der Waals surface area contributed by atoms with Crippen LogP contribution in [0.2, 0.25) is 5.02 Å². The highest BCUT2D eigenvalue weighted by Gasteiger charge is 2.09. The van der Waals surface area contributed by atoms with Crippen LogP contribution in [0.3, 0.4) is 0 Å². The fourth-order valence-electron chi connectivity index (χ4n) is 2.38. The van der Waals surface area contributed by atoms with Crippen molar-refractivity contribution < 1.29 is 29.3 Å². The number of benzene rings is 1. The number of hydrogen-bond acceptors (Lipinski definition) is 6. The van der Waals surface area contributed by atoms with Crippen molar-refractivity contribution in [3.63, 3.8) is 0 Å². The number of carboxylic acid groups (broad SMARTS) is 2. The number of aliphatic carboxylic acids is 2. The number of carbonyl (C=O) groups is 2. The minimum atomic E-state index is -1.82. The van der Waals surface area contributed by atoms with Gasteiger partial charge in [0.05, 0.1) is 29.3 Å². The minimum absolute atomic E-state index is 0.659. The van der Waals surface area contributed by atoms with Crippen molar-refractivity contribution in [3.05, 3.63) is 27.2 Å². The smallest absolute Gasteiger partial charge is 0.414 e. The Labute approximate surface area is 177 Å². The Balaban J connectivity index is 0.000000568. The molecule has 1 saturated heterocycles. The van der Waals surface area contributed by atoms with Crippen molar-refractivity contribution in [1.29, 1.82) is 0 Å². The van der Waals surface area contributed by atoms with E-state index in [-0.39, 0.29) is 0 Å². The van der Waals surface area contributed by atoms with Crippen molar-refractivity contribution in [2.75, 3.05) is 52.5 Å². The Bertz CT molecular complexity index is 605. The predicted octanol–water partition coefficient (Wildman–Crippen LogP) is 2.26. The van der Waals surface area contributed by atoms with Crippen LogP contribution >= 0.6 is 27.5 Å². The maximum absolute atomic E-state index is 9.10. The van der Waals surface area contributed by atoms with Crippen LogP contribution in [-0.2, 0) is 14.3 Å². The Morgan fingerprint density at radius 3 is 2.46 bits per heavy atom. The summed E-state index contributed by atoms with van der Waals surface area (Å²) >= 11 is 9.69. The second-order valence-corrected chi connectivity index (χ2v) is 7.34. The molecule has 1 aromatic rings. The highest BCUT2D eigenvalue weighted by molar-refractivity contribution is 9.10. The van der Waals surface area contributed by atoms with E-state index in [1.807, 2.05) is 19.1 Å². The molecular formula is C18H26BrClN2O6. The van der Waals surface area contributed by atoms with E-state index in [1.165, 1.54) is 0 Å². The molecule has 1 heterocycles. The van der Waals surface area contributed by atoms with Crippen LogP contribution < -0.4 is 10.1 Å². The Morgan fingerprint density at radius 1 is 1.25 bits per heavy atom. The number of nitrogens with zero attached hydrogens (tertiary/aromatic N) is 1. The number of ether oxygens (including phenoxy) is 2. The lowest BCUT2D eigenvalue weighted by Gasteiger charge is -2.26. The third-order valence-electron chi connectivity index (χ3n) is 3.78. The lowest BCUT2D eigenvalue weighted by molar-refractivity contribution is -0.159. The van der Waals surface area contributed by atoms with E-state index in [9.17, 15) is 0 Å². The van der Waals surface area contributed by atoms with Crippen molar-refractivity contribution in [1.82, 2.24) is 10.2 Å². The van der Waals surface area contributed by atoms with E-state index in [1.54, 1.807) is 0 Å². The van der Waals surface area contributed by atoms with Gasteiger partial charge in [0.25, 0.3) is 0 Å². The standard InChI is InChI=1S/C16H24BrClN2O2.C2H2O4/c1-13-11-14(17)16(15(18)12-13)22-8-2-3-19-4-5-20-6-9-21-10-7-20;3-1(4)2(5)6/h11-12,19H,2-10H2,1H3;(H,3,4)(H,5,6). The molecule has 1 fully saturated rings. The third-order valence-corrected chi connectivity index (χ3v) is 4.65. The second-order valence-electron chi connectivity index (χ2n) is 6.07. The normalized spacial score (nSPS) is 14.1. The van der Waals surface area contributed by atoms with E-state index in [4.69, 9.17) is 40.9 Å². The molecule has 158 valence electrons. The topological polar surface area (TPSA) is 108 Å². The van der Waals surface area contributed by atoms with Gasteiger partial charge in [0.15, 0.2) is 5.75 Å². The van der Waals surface area contributed by atoms with Gasteiger partial charge in [-0.25, -0.2) is 9.59 Å². The van der Waals surface area contributed by atoms with Crippen LogP contribution in [0.25, 0.3) is 0 Å². The van der Waals surface area contributed by atoms with Crippen LogP contribution in [0.1, 0.15) is 12.0 Å². The molecule has 2 rings (SSSR count). The molecule has 3 N–H and O–H groups in total. The summed E-state index contributed by atoms with van der Waals surface area (Å²) in [6.07, 6.45) is 0.958. The monoisotopic (exact) mass is 480 g/mol. The molecular weight excluding hydrogens is 456 g/mol. The van der Waals surface area contributed by atoms with Crippen molar-refractivity contribution in [2.24, 2.45) is 0 Å². The number of rotatable bonds is 8. The molecule has 0 unspecified atom stereocenters. The average molecular weight is 482 g/mol. The molecule has 0 aliphatic carbocycles. The summed E-state index contributed by atoms with van der Waals surface area (Å²) in [5, 5.41) is 18.9. The predicted molar refractivity (Wildman–Crippen MR) is 109 cm³/mol. The summed E-state index contributed by atoms with van der Waals surface area (Å²) in [6, 6.07) is 3.93. The number of hydrogen-bond donors (Lipinski definition) is 3. The van der Waals surface area contributed by atoms with Gasteiger partial charge in [-0.1, -0.05) is 11.6 Å². The summed E-state index contributed by atoms with van der Waals surface area (Å²) in [6.45, 7) is 9.53. The summed E-state index contributed by atoms with van der Waals surface area (Å²) in [5.74, 6) is -2.91. The number of halogens is 2. The fraction of sp³-hybridized carbons (Fsp3) is 0.556. The molecule has 28 heavy (non-hydrogen) atoms. The van der Waals surface area contributed by atoms with E-state index < -0.39 is 11.9 Å². The number of carboxylic acids is 2. The van der Waals surface area contributed by atoms with Gasteiger partial charge in [0.2, 0.25) is 0 Å². The molecule has 0 spiro atoms. The summed E-state index contributed by atoms with van der Waals surface area (Å²) in [5.41, 5.74) is 1.12. The largest absolute Gasteiger partial charge is 0.491 e. The van der Waals surface area contributed by atoms with Crippen molar-refractivity contribution >= 4 is 39.5 Å². The maximum Gasteiger partial charge on any atom is 0.414 e. The first-order valence-electron chi connectivity index (χ1n) is 8.86. The van der Waals surface area contributed by atoms with Crippen LogP contribution in [0, 0.1) is 6.92 Å². The van der Waals surface area contributed by atoms with Gasteiger partial charge in [-0.2, -0.15) is 0 Å². The molecule has 0 saturated carbocycles. The Kier molecular flexibility index (Phi) is 12.1. The molecule has 0 radical (unpaired) electrons. The molecule has 0 atom stereocenters. The van der Waals surface area contributed by atoms with Gasteiger partial charge in [-0.15, -0.1) is 0 Å². The van der Waals surface area contributed by atoms with E-state index in [0.29, 0.717) is 11.6 Å². The lowest BCUT2D eigenvalue weighted by atomic mass is 10.2. The zero-order valence-corrected chi connectivity index (χ0v) is 18.1. The molecule has 0 aromatic heterocycles. The van der Waals surface area contributed by atoms with E-state index >= 15 is 0 Å². The Morgan fingerprint density at radius 2 is 1.89 bits per heavy atom. The molecule has 8 nitrogen and oxygen atoms in total. The maximum atomic E-state index is 9.10. The SMILES string of the molecule is Cc1cc(Cl)c(OCCCNCCN2CCOCC2)c(Br)c1.O=C(O)C(=O)O. The zero-order chi connectivity index (χ0) is 20.9. The number of nitrogens with one attached hydrogen (secondary N) is 1. The molecule has 1 aliphatic heterocycles. The molecule has 0 amide bonds. The van der Waals surface area contributed by atoms with Gasteiger partial charge >= 0.3 is 11.9 Å². The third kappa shape index (κ3) is 10.2. The fourth-order valence-corrected chi connectivity index (χ4v) is 3.51. The van der Waals surface area contributed by atoms with Gasteiger partial charge in [-0.3, -0.25) is 4.90 Å². The first-order chi connectivity index (χ1) is 13.3. The molecule has 10 heteroatoms. The van der Waals surface area contributed by atoms with Crippen LogP contribution in [0.4, 0.5) is 0 Å². The summed E-state index contributed by atoms with van der Waals surface area (Å²) < 4.78 is 12.0. The first kappa shape index (κ1) is 24.6. The zero-order valence-electron chi connectivity index (χ0n) is 15.7. The molecule has 1 aromatic carbocycles. The van der Waals surface area contributed by atoms with Crippen LogP contribution in [-0.4, -0.2) is 79.6 Å². The average Bonchev–Trinajstić information content (AvgIpc) is 2.64. The number of aryl methyl sites for hydroxylation is 1. The highest BCUT2D eigenvalue weighted by atomic mass is 79.9. The minimum Gasteiger partial charge on any atom is -0.491 e. The summed E-state index contributed by atoms with van der Waals surface area (Å²) in [7, 11) is 0. The summed E-state index contributed by atoms with van der Waals surface area (Å²) in [4.78, 5) is 20.6. The molecule has 0 bridgehead atoms. The van der Waals surface area contributed by atoms with Gasteiger partial charge in [-0.05, 0) is 53.5 Å². The quantitative estimate of drug-likeness (QED) is 0.383. The molecule has 1 aliphatic rings. The highest BCUT2D eigenvalue weighted by Crippen LogP contribution is 2.34. The van der Waals surface area contributed by atoms with Crippen molar-refractivity contribution in [2.45, 2.75) is 13.3 Å². The van der Waals surface area contributed by atoms with E-state index in [2.05, 4.69) is 26.1 Å². The van der Waals surface area contributed by atoms with Gasteiger partial charge in [0.1, 0.15) is 0 Å². The van der Waals surface area contributed by atoms with Crippen LogP contribution in [0.15, 0.2) is 16.6 Å². The number of morpholine rings is 1. The van der Waals surface area contributed by atoms with Crippen molar-refractivity contribution in [3.8, 4) is 5.75 Å². The first-order valence-corrected chi connectivity index (χ1v) is 10.0. The van der Waals surface area contributed by atoms with Gasteiger partial charge in [0, 0.05) is 26.2 Å². The van der Waals surface area contributed by atoms with Gasteiger partial charge < -0.3 is 25.0 Å². The second kappa shape index (κ2) is 13.7. The Hall–Kier alpha value is -1.39.